The maximum Gasteiger partial charge on any atom is 0.278 e. The van der Waals surface area contributed by atoms with Gasteiger partial charge in [-0.3, -0.25) is 0 Å². The lowest BCUT2D eigenvalue weighted by Crippen LogP contribution is -2.28. The minimum absolute atomic E-state index is 0.957. The van der Waals surface area contributed by atoms with E-state index in [4.69, 9.17) is 9.05 Å². The molecule has 1 saturated carbocycles. The van der Waals surface area contributed by atoms with Crippen molar-refractivity contribution in [2.75, 3.05) is 0 Å². The van der Waals surface area contributed by atoms with Gasteiger partial charge in [0.2, 0.25) is 0 Å². The molecule has 0 bridgehead atoms. The Hall–Kier alpha value is -0.626. The fourth-order valence-corrected chi connectivity index (χ4v) is 2.22. The van der Waals surface area contributed by atoms with Gasteiger partial charge in [0.05, 0.1) is 0 Å². The molecule has 0 aromatic heterocycles. The van der Waals surface area contributed by atoms with E-state index in [1.165, 1.54) is 12.8 Å². The Labute approximate surface area is 113 Å². The van der Waals surface area contributed by atoms with Crippen molar-refractivity contribution < 1.29 is 9.05 Å². The lowest BCUT2D eigenvalue weighted by Gasteiger charge is -2.20. The van der Waals surface area contributed by atoms with Crippen LogP contribution in [0.4, 0.5) is 0 Å². The summed E-state index contributed by atoms with van der Waals surface area (Å²) in [6, 6.07) is 0. The Morgan fingerprint density at radius 2 is 1.06 bits per heavy atom. The van der Waals surface area contributed by atoms with Crippen LogP contribution in [0.3, 0.4) is 0 Å². The highest BCUT2D eigenvalue weighted by Gasteiger charge is 2.22. The van der Waals surface area contributed by atoms with Gasteiger partial charge in [-0.05, 0) is 65.0 Å². The molecule has 0 unspecified atom stereocenters. The molecule has 0 saturated heterocycles. The molecule has 0 heterocycles. The van der Waals surface area contributed by atoms with Gasteiger partial charge in [0, 0.05) is 0 Å². The number of oxime groups is 2. The van der Waals surface area contributed by atoms with Crippen molar-refractivity contribution in [3.05, 3.63) is 0 Å². The summed E-state index contributed by atoms with van der Waals surface area (Å²) >= 11 is 0. The fraction of sp³-hybridized carbons (Fsp3) is 0.833. The minimum atomic E-state index is -1.61. The molecule has 6 heteroatoms. The van der Waals surface area contributed by atoms with Crippen molar-refractivity contribution in [3.8, 4) is 0 Å². The summed E-state index contributed by atoms with van der Waals surface area (Å²) in [6.07, 6.45) is 4.25. The van der Waals surface area contributed by atoms with E-state index in [0.29, 0.717) is 0 Å². The Bertz CT molecular complexity index is 307. The van der Waals surface area contributed by atoms with Gasteiger partial charge in [-0.2, -0.15) is 0 Å². The summed E-state index contributed by atoms with van der Waals surface area (Å²) in [7, 11) is -3.21. The Kier molecular flexibility index (Phi) is 5.15. The quantitative estimate of drug-likeness (QED) is 0.579. The van der Waals surface area contributed by atoms with Crippen LogP contribution in [0.2, 0.25) is 39.3 Å². The second-order valence-corrected chi connectivity index (χ2v) is 15.5. The standard InChI is InChI=1S/C12H26N2O2Si2/c1-17(2,3)15-13-11-9-7-8-10-12(11)14-16-18(4,5)6/h7-10H2,1-6H3. The van der Waals surface area contributed by atoms with Gasteiger partial charge in [0.15, 0.2) is 0 Å². The molecule has 1 aliphatic rings. The largest absolute Gasteiger partial charge is 0.455 e. The maximum absolute atomic E-state index is 5.63. The van der Waals surface area contributed by atoms with Crippen LogP contribution >= 0.6 is 0 Å². The van der Waals surface area contributed by atoms with Crippen LogP contribution in [-0.2, 0) is 9.05 Å². The fourth-order valence-electron chi connectivity index (χ4n) is 1.45. The molecular formula is C12H26N2O2Si2. The average Bonchev–Trinajstić information content (AvgIpc) is 2.22. The van der Waals surface area contributed by atoms with Crippen LogP contribution in [0.1, 0.15) is 25.7 Å². The van der Waals surface area contributed by atoms with E-state index in [-0.39, 0.29) is 0 Å². The number of hydrogen-bond acceptors (Lipinski definition) is 4. The van der Waals surface area contributed by atoms with Crippen LogP contribution in [0.15, 0.2) is 10.3 Å². The lowest BCUT2D eigenvalue weighted by atomic mass is 9.97. The molecule has 0 aromatic rings. The van der Waals surface area contributed by atoms with Gasteiger partial charge in [0.25, 0.3) is 16.6 Å². The molecule has 1 rings (SSSR count). The molecule has 18 heavy (non-hydrogen) atoms. The molecular weight excluding hydrogens is 260 g/mol. The highest BCUT2D eigenvalue weighted by Crippen LogP contribution is 2.16. The molecule has 104 valence electrons. The van der Waals surface area contributed by atoms with E-state index in [2.05, 4.69) is 49.6 Å². The first-order valence-electron chi connectivity index (χ1n) is 6.68. The third-order valence-electron chi connectivity index (χ3n) is 2.27. The number of rotatable bonds is 4. The van der Waals surface area contributed by atoms with Crippen molar-refractivity contribution in [1.29, 1.82) is 0 Å². The van der Waals surface area contributed by atoms with Gasteiger partial charge in [0.1, 0.15) is 11.4 Å². The van der Waals surface area contributed by atoms with Crippen LogP contribution in [0.5, 0.6) is 0 Å². The van der Waals surface area contributed by atoms with Gasteiger partial charge >= 0.3 is 0 Å². The molecule has 0 spiro atoms. The zero-order chi connectivity index (χ0) is 13.8. The molecule has 0 amide bonds. The molecule has 1 aliphatic carbocycles. The molecule has 0 aromatic carbocycles. The lowest BCUT2D eigenvalue weighted by molar-refractivity contribution is 0.327. The van der Waals surface area contributed by atoms with E-state index >= 15 is 0 Å². The predicted molar refractivity (Wildman–Crippen MR) is 82.2 cm³/mol. The molecule has 4 nitrogen and oxygen atoms in total. The maximum atomic E-state index is 5.63. The molecule has 1 fully saturated rings. The SMILES string of the molecule is C[Si](C)(C)ON=C1CCCCC1=NO[Si](C)(C)C. The third kappa shape index (κ3) is 6.35. The van der Waals surface area contributed by atoms with Gasteiger partial charge in [-0.25, -0.2) is 0 Å². The normalized spacial score (nSPS) is 22.3. The van der Waals surface area contributed by atoms with Crippen molar-refractivity contribution in [3.63, 3.8) is 0 Å². The molecule has 0 aliphatic heterocycles. The minimum Gasteiger partial charge on any atom is -0.455 e. The summed E-state index contributed by atoms with van der Waals surface area (Å²) in [5.74, 6) is 0. The van der Waals surface area contributed by atoms with E-state index < -0.39 is 16.6 Å². The average molecular weight is 287 g/mol. The topological polar surface area (TPSA) is 43.2 Å². The third-order valence-corrected chi connectivity index (χ3v) is 3.55. The zero-order valence-electron chi connectivity index (χ0n) is 12.5. The molecule has 0 N–H and O–H groups in total. The summed E-state index contributed by atoms with van der Waals surface area (Å²) in [5, 5.41) is 8.64. The molecule has 0 radical (unpaired) electrons. The van der Waals surface area contributed by atoms with E-state index in [1.807, 2.05) is 0 Å². The van der Waals surface area contributed by atoms with Gasteiger partial charge in [-0.15, -0.1) is 10.3 Å². The number of hydrogen-bond donors (Lipinski definition) is 0. The van der Waals surface area contributed by atoms with E-state index in [9.17, 15) is 0 Å². The highest BCUT2D eigenvalue weighted by molar-refractivity contribution is 6.70. The van der Waals surface area contributed by atoms with Crippen molar-refractivity contribution >= 4 is 28.1 Å². The second kappa shape index (κ2) is 6.01. The highest BCUT2D eigenvalue weighted by atomic mass is 28.4. The predicted octanol–water partition coefficient (Wildman–Crippen LogP) is 3.98. The monoisotopic (exact) mass is 286 g/mol. The first-order valence-corrected chi connectivity index (χ1v) is 13.5. The van der Waals surface area contributed by atoms with Gasteiger partial charge < -0.3 is 9.05 Å². The van der Waals surface area contributed by atoms with E-state index in [0.717, 1.165) is 24.3 Å². The van der Waals surface area contributed by atoms with Crippen molar-refractivity contribution in [1.82, 2.24) is 0 Å². The van der Waals surface area contributed by atoms with Gasteiger partial charge in [-0.1, -0.05) is 0 Å². The smallest absolute Gasteiger partial charge is 0.278 e. The summed E-state index contributed by atoms with van der Waals surface area (Å²) in [6.45, 7) is 12.8. The first-order chi connectivity index (χ1) is 8.17. The van der Waals surface area contributed by atoms with Crippen LogP contribution in [0.25, 0.3) is 0 Å². The molecule has 0 atom stereocenters. The van der Waals surface area contributed by atoms with Crippen LogP contribution < -0.4 is 0 Å². The van der Waals surface area contributed by atoms with Crippen LogP contribution in [-0.4, -0.2) is 28.1 Å². The number of nitrogens with zero attached hydrogens (tertiary/aromatic N) is 2. The first kappa shape index (κ1) is 15.4. The van der Waals surface area contributed by atoms with Crippen molar-refractivity contribution in [2.45, 2.75) is 65.0 Å². The zero-order valence-corrected chi connectivity index (χ0v) is 14.5. The van der Waals surface area contributed by atoms with Crippen LogP contribution in [0, 0.1) is 0 Å². The summed E-state index contributed by atoms with van der Waals surface area (Å²) in [5.41, 5.74) is 1.98. The van der Waals surface area contributed by atoms with E-state index in [1.54, 1.807) is 0 Å². The summed E-state index contributed by atoms with van der Waals surface area (Å²) < 4.78 is 11.3. The van der Waals surface area contributed by atoms with Crippen molar-refractivity contribution in [2.24, 2.45) is 10.3 Å². The summed E-state index contributed by atoms with van der Waals surface area (Å²) in [4.78, 5) is 0. The Balaban J connectivity index is 2.74. The second-order valence-electron chi connectivity index (χ2n) is 6.69. The Morgan fingerprint density at radius 3 is 1.33 bits per heavy atom. The Morgan fingerprint density at radius 1 is 0.722 bits per heavy atom.